The van der Waals surface area contributed by atoms with E-state index in [9.17, 15) is 13.2 Å². The lowest BCUT2D eigenvalue weighted by Crippen LogP contribution is -2.10. The first-order valence-electron chi connectivity index (χ1n) is 6.37. The normalized spacial score (nSPS) is 15.1. The number of nitrogens with zero attached hydrogens (tertiary/aromatic N) is 1. The molecule has 1 aliphatic carbocycles. The van der Waals surface area contributed by atoms with Crippen LogP contribution in [0, 0.1) is 0 Å². The predicted octanol–water partition coefficient (Wildman–Crippen LogP) is 2.95. The molecule has 0 atom stereocenters. The van der Waals surface area contributed by atoms with E-state index < -0.39 is 9.84 Å². The SMILES string of the molecule is CS(=O)(=O)c1cc(Br)ccc1C(=O)c1cnoc1C1CC1. The summed E-state index contributed by atoms with van der Waals surface area (Å²) in [4.78, 5) is 12.7. The predicted molar refractivity (Wildman–Crippen MR) is 79.2 cm³/mol. The molecule has 3 rings (SSSR count). The first-order valence-corrected chi connectivity index (χ1v) is 9.05. The Morgan fingerprint density at radius 2 is 2.05 bits per heavy atom. The van der Waals surface area contributed by atoms with Crippen LogP contribution in [0.25, 0.3) is 0 Å². The molecule has 0 bridgehead atoms. The molecule has 0 spiro atoms. The summed E-state index contributed by atoms with van der Waals surface area (Å²) in [6.07, 6.45) is 4.38. The highest BCUT2D eigenvalue weighted by Crippen LogP contribution is 2.42. The highest BCUT2D eigenvalue weighted by atomic mass is 79.9. The van der Waals surface area contributed by atoms with E-state index in [1.807, 2.05) is 0 Å². The van der Waals surface area contributed by atoms with Crippen LogP contribution >= 0.6 is 15.9 Å². The maximum absolute atomic E-state index is 12.7. The van der Waals surface area contributed by atoms with Gasteiger partial charge in [-0.25, -0.2) is 8.42 Å². The molecule has 0 aliphatic heterocycles. The zero-order chi connectivity index (χ0) is 15.2. The number of sulfone groups is 1. The lowest BCUT2D eigenvalue weighted by molar-refractivity contribution is 0.103. The quantitative estimate of drug-likeness (QED) is 0.774. The number of hydrogen-bond acceptors (Lipinski definition) is 5. The number of benzene rings is 1. The van der Waals surface area contributed by atoms with Gasteiger partial charge in [0.15, 0.2) is 21.4 Å². The van der Waals surface area contributed by atoms with E-state index >= 15 is 0 Å². The number of hydrogen-bond donors (Lipinski definition) is 0. The Hall–Kier alpha value is -1.47. The van der Waals surface area contributed by atoms with Crippen LogP contribution in [0.5, 0.6) is 0 Å². The minimum atomic E-state index is -3.51. The van der Waals surface area contributed by atoms with E-state index in [2.05, 4.69) is 21.1 Å². The maximum atomic E-state index is 12.7. The number of aromatic nitrogens is 1. The van der Waals surface area contributed by atoms with Crippen LogP contribution in [0.2, 0.25) is 0 Å². The molecule has 1 fully saturated rings. The van der Waals surface area contributed by atoms with Crippen LogP contribution < -0.4 is 0 Å². The van der Waals surface area contributed by atoms with Gasteiger partial charge in [0.1, 0.15) is 0 Å². The molecule has 21 heavy (non-hydrogen) atoms. The summed E-state index contributed by atoms with van der Waals surface area (Å²) in [7, 11) is -3.51. The molecular formula is C14H12BrNO4S. The third-order valence-corrected chi connectivity index (χ3v) is 5.01. The fourth-order valence-corrected chi connectivity index (χ4v) is 3.61. The Bertz CT molecular complexity index is 821. The van der Waals surface area contributed by atoms with Crippen LogP contribution in [0.3, 0.4) is 0 Å². The molecule has 1 aromatic carbocycles. The van der Waals surface area contributed by atoms with Gasteiger partial charge in [-0.1, -0.05) is 21.1 Å². The molecule has 0 radical (unpaired) electrons. The molecule has 1 aromatic heterocycles. The zero-order valence-electron chi connectivity index (χ0n) is 11.2. The third kappa shape index (κ3) is 2.80. The number of halogens is 1. The molecule has 0 amide bonds. The summed E-state index contributed by atoms with van der Waals surface area (Å²) >= 11 is 3.23. The van der Waals surface area contributed by atoms with Gasteiger partial charge < -0.3 is 4.52 Å². The largest absolute Gasteiger partial charge is 0.360 e. The first-order chi connectivity index (χ1) is 9.88. The molecule has 1 aliphatic rings. The summed E-state index contributed by atoms with van der Waals surface area (Å²) in [5.74, 6) is 0.414. The highest BCUT2D eigenvalue weighted by Gasteiger charge is 2.33. The Morgan fingerprint density at radius 1 is 1.33 bits per heavy atom. The van der Waals surface area contributed by atoms with E-state index in [-0.39, 0.29) is 22.2 Å². The van der Waals surface area contributed by atoms with Crippen molar-refractivity contribution in [3.63, 3.8) is 0 Å². The second kappa shape index (κ2) is 5.06. The van der Waals surface area contributed by atoms with Gasteiger partial charge in [-0.15, -0.1) is 0 Å². The van der Waals surface area contributed by atoms with Crippen LogP contribution in [0.4, 0.5) is 0 Å². The van der Waals surface area contributed by atoms with Crippen LogP contribution in [-0.2, 0) is 9.84 Å². The number of carbonyl (C=O) groups is 1. The van der Waals surface area contributed by atoms with Gasteiger partial charge in [-0.3, -0.25) is 4.79 Å². The smallest absolute Gasteiger partial charge is 0.199 e. The fourth-order valence-electron chi connectivity index (χ4n) is 2.19. The fraction of sp³-hybridized carbons (Fsp3) is 0.286. The second-order valence-electron chi connectivity index (χ2n) is 5.12. The molecule has 5 nitrogen and oxygen atoms in total. The van der Waals surface area contributed by atoms with Crippen molar-refractivity contribution in [1.29, 1.82) is 0 Å². The van der Waals surface area contributed by atoms with Crippen molar-refractivity contribution >= 4 is 31.6 Å². The zero-order valence-corrected chi connectivity index (χ0v) is 13.6. The van der Waals surface area contributed by atoms with Gasteiger partial charge >= 0.3 is 0 Å². The minimum absolute atomic E-state index is 0.00446. The van der Waals surface area contributed by atoms with Crippen molar-refractivity contribution < 1.29 is 17.7 Å². The van der Waals surface area contributed by atoms with Crippen LogP contribution in [-0.4, -0.2) is 25.6 Å². The molecule has 110 valence electrons. The van der Waals surface area contributed by atoms with Gasteiger partial charge in [-0.2, -0.15) is 0 Å². The minimum Gasteiger partial charge on any atom is -0.360 e. The van der Waals surface area contributed by atoms with Crippen molar-refractivity contribution in [1.82, 2.24) is 5.16 Å². The molecular weight excluding hydrogens is 358 g/mol. The first kappa shape index (κ1) is 14.5. The molecule has 0 N–H and O–H groups in total. The van der Waals surface area contributed by atoms with E-state index in [4.69, 9.17) is 4.52 Å². The van der Waals surface area contributed by atoms with Gasteiger partial charge in [0.25, 0.3) is 0 Å². The van der Waals surface area contributed by atoms with Gasteiger partial charge in [0.2, 0.25) is 0 Å². The van der Waals surface area contributed by atoms with E-state index in [1.165, 1.54) is 18.3 Å². The van der Waals surface area contributed by atoms with Crippen LogP contribution in [0.1, 0.15) is 40.4 Å². The topological polar surface area (TPSA) is 77.2 Å². The number of ketones is 1. The van der Waals surface area contributed by atoms with Crippen LogP contribution in [0.15, 0.2) is 38.3 Å². The summed E-state index contributed by atoms with van der Waals surface area (Å²) in [6.45, 7) is 0. The van der Waals surface area contributed by atoms with E-state index in [0.29, 0.717) is 15.8 Å². The monoisotopic (exact) mass is 369 g/mol. The van der Waals surface area contributed by atoms with Crippen molar-refractivity contribution in [2.24, 2.45) is 0 Å². The van der Waals surface area contributed by atoms with Crippen molar-refractivity contribution in [3.05, 3.63) is 45.8 Å². The Kier molecular flexibility index (Phi) is 3.49. The van der Waals surface area contributed by atoms with Gasteiger partial charge in [0, 0.05) is 22.2 Å². The van der Waals surface area contributed by atoms with Gasteiger partial charge in [0.05, 0.1) is 16.7 Å². The standard InChI is InChI=1S/C14H12BrNO4S/c1-21(18,19)12-6-9(15)4-5-10(12)13(17)11-7-16-20-14(11)8-2-3-8/h4-8H,2-3H2,1H3. The summed E-state index contributed by atoms with van der Waals surface area (Å²) < 4.78 is 29.6. The van der Waals surface area contributed by atoms with Gasteiger partial charge in [-0.05, 0) is 31.0 Å². The second-order valence-corrected chi connectivity index (χ2v) is 8.02. The average Bonchev–Trinajstić information content (AvgIpc) is 3.14. The summed E-state index contributed by atoms with van der Waals surface area (Å²) in [5, 5.41) is 3.68. The Morgan fingerprint density at radius 3 is 2.67 bits per heavy atom. The van der Waals surface area contributed by atoms with E-state index in [0.717, 1.165) is 19.1 Å². The van der Waals surface area contributed by atoms with Crippen molar-refractivity contribution in [3.8, 4) is 0 Å². The third-order valence-electron chi connectivity index (χ3n) is 3.38. The molecule has 1 heterocycles. The molecule has 1 saturated carbocycles. The molecule has 2 aromatic rings. The maximum Gasteiger partial charge on any atom is 0.199 e. The Labute approximate surface area is 130 Å². The van der Waals surface area contributed by atoms with Crippen molar-refractivity contribution in [2.75, 3.05) is 6.26 Å². The molecule has 0 unspecified atom stereocenters. The number of rotatable bonds is 4. The molecule has 7 heteroatoms. The summed E-state index contributed by atoms with van der Waals surface area (Å²) in [6, 6.07) is 4.59. The summed E-state index contributed by atoms with van der Waals surface area (Å²) in [5.41, 5.74) is 0.496. The Balaban J connectivity index is 2.12. The highest BCUT2D eigenvalue weighted by molar-refractivity contribution is 9.10. The average molecular weight is 370 g/mol. The number of carbonyl (C=O) groups excluding carboxylic acids is 1. The van der Waals surface area contributed by atoms with Crippen molar-refractivity contribution in [2.45, 2.75) is 23.7 Å². The lowest BCUT2D eigenvalue weighted by atomic mass is 10.0. The lowest BCUT2D eigenvalue weighted by Gasteiger charge is -2.07. The van der Waals surface area contributed by atoms with E-state index in [1.54, 1.807) is 6.07 Å². The molecule has 0 saturated heterocycles.